The summed E-state index contributed by atoms with van der Waals surface area (Å²) in [4.78, 5) is 12.6. The standard InChI is InChI=1S/C24H26N4O/c1-15(12-16-6-8-17(9-7-16)22-25-27-28-26-22)18-10-11-19-20(13-18)23(2,3)14-21(29)24(19,4)5/h6-13H,14H2,1-5H3,(H,25,26,27,28). The first-order valence-electron chi connectivity index (χ1n) is 9.89. The molecule has 0 amide bonds. The third kappa shape index (κ3) is 3.41. The molecule has 3 aromatic rings. The number of carbonyl (C=O) groups is 1. The number of nitrogens with zero attached hydrogens (tertiary/aromatic N) is 3. The number of aromatic nitrogens is 4. The number of tetrazole rings is 1. The van der Waals surface area contributed by atoms with Crippen LogP contribution in [0.4, 0.5) is 0 Å². The van der Waals surface area contributed by atoms with Crippen LogP contribution in [0.5, 0.6) is 0 Å². The van der Waals surface area contributed by atoms with Crippen molar-refractivity contribution in [3.8, 4) is 11.4 Å². The number of carbonyl (C=O) groups excluding carboxylic acids is 1. The number of ketones is 1. The molecule has 1 heterocycles. The number of Topliss-reactive ketones (excluding diaryl/α,β-unsaturated/α-hetero) is 1. The van der Waals surface area contributed by atoms with Crippen molar-refractivity contribution in [3.63, 3.8) is 0 Å². The van der Waals surface area contributed by atoms with Crippen molar-refractivity contribution in [1.29, 1.82) is 0 Å². The number of aromatic amines is 1. The molecule has 1 aliphatic rings. The van der Waals surface area contributed by atoms with E-state index >= 15 is 0 Å². The lowest BCUT2D eigenvalue weighted by Gasteiger charge is -2.40. The Bertz CT molecular complexity index is 1090. The fraction of sp³-hybridized carbons (Fsp3) is 0.333. The monoisotopic (exact) mass is 386 g/mol. The van der Waals surface area contributed by atoms with E-state index in [4.69, 9.17) is 0 Å². The minimum absolute atomic E-state index is 0.148. The lowest BCUT2D eigenvalue weighted by Crippen LogP contribution is -2.42. The lowest BCUT2D eigenvalue weighted by molar-refractivity contribution is -0.125. The molecule has 0 saturated carbocycles. The van der Waals surface area contributed by atoms with Crippen LogP contribution in [0.2, 0.25) is 0 Å². The highest BCUT2D eigenvalue weighted by atomic mass is 16.1. The van der Waals surface area contributed by atoms with Crippen molar-refractivity contribution >= 4 is 17.4 Å². The van der Waals surface area contributed by atoms with Gasteiger partial charge in [-0.05, 0) is 59.2 Å². The van der Waals surface area contributed by atoms with E-state index in [0.717, 1.165) is 16.7 Å². The van der Waals surface area contributed by atoms with Gasteiger partial charge < -0.3 is 0 Å². The Morgan fingerprint density at radius 1 is 1.03 bits per heavy atom. The second-order valence-electron chi connectivity index (χ2n) is 9.05. The van der Waals surface area contributed by atoms with Crippen molar-refractivity contribution < 1.29 is 4.79 Å². The highest BCUT2D eigenvalue weighted by molar-refractivity contribution is 5.93. The summed E-state index contributed by atoms with van der Waals surface area (Å²) >= 11 is 0. The highest BCUT2D eigenvalue weighted by Gasteiger charge is 2.43. The van der Waals surface area contributed by atoms with E-state index in [1.807, 2.05) is 26.0 Å². The van der Waals surface area contributed by atoms with E-state index in [0.29, 0.717) is 18.0 Å². The molecule has 0 atom stereocenters. The van der Waals surface area contributed by atoms with Crippen molar-refractivity contribution in [1.82, 2.24) is 20.6 Å². The van der Waals surface area contributed by atoms with Crippen molar-refractivity contribution in [2.75, 3.05) is 0 Å². The Morgan fingerprint density at radius 2 is 1.76 bits per heavy atom. The molecule has 0 fully saturated rings. The minimum atomic E-state index is -0.425. The number of fused-ring (bicyclic) bond motifs is 1. The summed E-state index contributed by atoms with van der Waals surface area (Å²) in [7, 11) is 0. The zero-order valence-electron chi connectivity index (χ0n) is 17.6. The summed E-state index contributed by atoms with van der Waals surface area (Å²) in [6.07, 6.45) is 2.75. The third-order valence-corrected chi connectivity index (χ3v) is 6.07. The van der Waals surface area contributed by atoms with Gasteiger partial charge in [0.2, 0.25) is 5.82 Å². The Balaban J connectivity index is 1.68. The van der Waals surface area contributed by atoms with Crippen molar-refractivity contribution in [3.05, 3.63) is 64.7 Å². The number of nitrogens with one attached hydrogen (secondary N) is 1. The van der Waals surface area contributed by atoms with Crippen LogP contribution in [0.1, 0.15) is 63.3 Å². The summed E-state index contributed by atoms with van der Waals surface area (Å²) in [6, 6.07) is 14.6. The lowest BCUT2D eigenvalue weighted by atomic mass is 9.62. The molecule has 29 heavy (non-hydrogen) atoms. The van der Waals surface area contributed by atoms with Crippen LogP contribution in [-0.2, 0) is 15.6 Å². The van der Waals surface area contributed by atoms with Gasteiger partial charge in [0.15, 0.2) is 0 Å². The number of allylic oxidation sites excluding steroid dienone is 1. The quantitative estimate of drug-likeness (QED) is 0.646. The highest BCUT2D eigenvalue weighted by Crippen LogP contribution is 2.44. The van der Waals surface area contributed by atoms with E-state index < -0.39 is 5.41 Å². The van der Waals surface area contributed by atoms with E-state index in [1.165, 1.54) is 16.7 Å². The number of H-pyrrole nitrogens is 1. The SMILES string of the molecule is CC(=Cc1ccc(-c2nn[nH]n2)cc1)c1ccc2c(c1)C(C)(C)CC(=O)C2(C)C. The second kappa shape index (κ2) is 6.76. The molecule has 4 rings (SSSR count). The average molecular weight is 386 g/mol. The van der Waals surface area contributed by atoms with E-state index in [2.05, 4.69) is 77.8 Å². The Kier molecular flexibility index (Phi) is 4.49. The van der Waals surface area contributed by atoms with Gasteiger partial charge >= 0.3 is 0 Å². The van der Waals surface area contributed by atoms with Crippen LogP contribution in [-0.4, -0.2) is 26.4 Å². The normalized spacial score (nSPS) is 17.8. The van der Waals surface area contributed by atoms with Gasteiger partial charge in [-0.25, -0.2) is 0 Å². The molecule has 0 spiro atoms. The Hall–Kier alpha value is -3.08. The first-order valence-corrected chi connectivity index (χ1v) is 9.89. The minimum Gasteiger partial charge on any atom is -0.299 e. The van der Waals surface area contributed by atoms with Gasteiger partial charge in [0.1, 0.15) is 5.78 Å². The average Bonchev–Trinajstić information content (AvgIpc) is 3.21. The summed E-state index contributed by atoms with van der Waals surface area (Å²) in [5.41, 5.74) is 6.27. The van der Waals surface area contributed by atoms with Gasteiger partial charge in [0, 0.05) is 17.4 Å². The molecule has 2 aromatic carbocycles. The van der Waals surface area contributed by atoms with Crippen LogP contribution < -0.4 is 0 Å². The fourth-order valence-corrected chi connectivity index (χ4v) is 4.11. The molecule has 5 nitrogen and oxygen atoms in total. The maximum atomic E-state index is 12.6. The van der Waals surface area contributed by atoms with Crippen molar-refractivity contribution in [2.24, 2.45) is 0 Å². The number of rotatable bonds is 3. The molecule has 0 radical (unpaired) electrons. The van der Waals surface area contributed by atoms with Gasteiger partial charge in [0.05, 0.1) is 0 Å². The maximum absolute atomic E-state index is 12.6. The first-order chi connectivity index (χ1) is 13.7. The molecular weight excluding hydrogens is 360 g/mol. The zero-order valence-corrected chi connectivity index (χ0v) is 17.6. The maximum Gasteiger partial charge on any atom is 0.204 e. The van der Waals surface area contributed by atoms with Crippen LogP contribution in [0, 0.1) is 0 Å². The number of hydrogen-bond donors (Lipinski definition) is 1. The third-order valence-electron chi connectivity index (χ3n) is 6.07. The molecule has 0 aliphatic heterocycles. The summed E-state index contributed by atoms with van der Waals surface area (Å²) in [6.45, 7) is 10.5. The zero-order chi connectivity index (χ0) is 20.8. The van der Waals surface area contributed by atoms with Gasteiger partial charge in [-0.1, -0.05) is 62.4 Å². The Labute approximate surface area is 171 Å². The molecule has 0 bridgehead atoms. The number of benzene rings is 2. The largest absolute Gasteiger partial charge is 0.299 e. The van der Waals surface area contributed by atoms with Gasteiger partial charge in [-0.15, -0.1) is 10.2 Å². The van der Waals surface area contributed by atoms with Crippen LogP contribution in [0.25, 0.3) is 23.0 Å². The van der Waals surface area contributed by atoms with Gasteiger partial charge in [-0.2, -0.15) is 5.21 Å². The fourth-order valence-electron chi connectivity index (χ4n) is 4.11. The number of hydrogen-bond acceptors (Lipinski definition) is 4. The predicted octanol–water partition coefficient (Wildman–Crippen LogP) is 4.96. The van der Waals surface area contributed by atoms with Crippen LogP contribution in [0.3, 0.4) is 0 Å². The van der Waals surface area contributed by atoms with E-state index in [1.54, 1.807) is 0 Å². The molecule has 1 N–H and O–H groups in total. The summed E-state index contributed by atoms with van der Waals surface area (Å²) in [5, 5.41) is 14.1. The molecule has 1 aromatic heterocycles. The van der Waals surface area contributed by atoms with Crippen LogP contribution >= 0.6 is 0 Å². The molecule has 0 unspecified atom stereocenters. The topological polar surface area (TPSA) is 71.5 Å². The van der Waals surface area contributed by atoms with Crippen LogP contribution in [0.15, 0.2) is 42.5 Å². The van der Waals surface area contributed by atoms with E-state index in [9.17, 15) is 4.79 Å². The molecule has 1 aliphatic carbocycles. The molecular formula is C24H26N4O. The summed E-state index contributed by atoms with van der Waals surface area (Å²) in [5.74, 6) is 0.906. The van der Waals surface area contributed by atoms with E-state index in [-0.39, 0.29) is 5.41 Å². The van der Waals surface area contributed by atoms with Crippen molar-refractivity contribution in [2.45, 2.75) is 51.9 Å². The second-order valence-corrected chi connectivity index (χ2v) is 9.05. The summed E-state index contributed by atoms with van der Waals surface area (Å²) < 4.78 is 0. The smallest absolute Gasteiger partial charge is 0.204 e. The molecule has 0 saturated heterocycles. The van der Waals surface area contributed by atoms with Gasteiger partial charge in [0.25, 0.3) is 0 Å². The first kappa shape index (κ1) is 19.2. The predicted molar refractivity (Wildman–Crippen MR) is 115 cm³/mol. The van der Waals surface area contributed by atoms with Gasteiger partial charge in [-0.3, -0.25) is 4.79 Å². The Morgan fingerprint density at radius 3 is 2.41 bits per heavy atom. The molecule has 148 valence electrons. The molecule has 5 heteroatoms.